The van der Waals surface area contributed by atoms with Crippen LogP contribution in [0.5, 0.6) is 0 Å². The Morgan fingerprint density at radius 2 is 1.00 bits per heavy atom. The van der Waals surface area contributed by atoms with E-state index in [9.17, 15) is 4.39 Å². The highest BCUT2D eigenvalue weighted by Crippen LogP contribution is 2.41. The van der Waals surface area contributed by atoms with E-state index < -0.39 is 11.6 Å². The zero-order valence-electron chi connectivity index (χ0n) is 15.1. The number of fused-ring (bicyclic) bond motifs is 9. The number of hydrogen-bond acceptors (Lipinski definition) is 0. The summed E-state index contributed by atoms with van der Waals surface area (Å²) in [7, 11) is 0. The van der Waals surface area contributed by atoms with Crippen molar-refractivity contribution in [2.75, 3.05) is 0 Å². The molecule has 29 heavy (non-hydrogen) atoms. The van der Waals surface area contributed by atoms with E-state index in [2.05, 4.69) is 0 Å². The van der Waals surface area contributed by atoms with E-state index in [0.29, 0.717) is 21.5 Å². The second-order valence-electron chi connectivity index (χ2n) is 7.35. The van der Waals surface area contributed by atoms with Crippen LogP contribution in [0.3, 0.4) is 0 Å². The maximum atomic E-state index is 15.1. The molecule has 0 N–H and O–H groups in total. The molecule has 0 aromatic heterocycles. The molecule has 0 aliphatic heterocycles. The number of benzene rings is 6. The molecule has 0 nitrogen and oxygen atoms in total. The molecule has 6 rings (SSSR count). The molecule has 0 unspecified atom stereocenters. The highest BCUT2D eigenvalue weighted by Gasteiger charge is 2.19. The Morgan fingerprint density at radius 1 is 0.414 bits per heavy atom. The summed E-state index contributed by atoms with van der Waals surface area (Å²) < 4.78 is 43.9. The molecule has 138 valence electrons. The van der Waals surface area contributed by atoms with Crippen LogP contribution in [0.15, 0.2) is 78.9 Å². The number of hydrogen-bond donors (Lipinski definition) is 0. The van der Waals surface area contributed by atoms with Gasteiger partial charge in [0.25, 0.3) is 0 Å². The summed E-state index contributed by atoms with van der Waals surface area (Å²) in [5, 5.41) is 6.88. The smallest absolute Gasteiger partial charge is 0.167 e. The Hall–Kier alpha value is -3.59. The maximum absolute atomic E-state index is 15.1. The van der Waals surface area contributed by atoms with Gasteiger partial charge in [0.1, 0.15) is 5.82 Å². The topological polar surface area (TPSA) is 0 Å². The molecule has 0 saturated carbocycles. The van der Waals surface area contributed by atoms with Crippen LogP contribution in [0.4, 0.5) is 13.2 Å². The normalized spacial score (nSPS) is 12.0. The molecule has 3 heteroatoms. The van der Waals surface area contributed by atoms with Gasteiger partial charge in [-0.1, -0.05) is 66.7 Å². The van der Waals surface area contributed by atoms with E-state index in [1.165, 1.54) is 12.1 Å². The lowest BCUT2D eigenvalue weighted by Gasteiger charge is -2.14. The van der Waals surface area contributed by atoms with Crippen LogP contribution in [0.2, 0.25) is 0 Å². The average molecular weight is 382 g/mol. The summed E-state index contributed by atoms with van der Waals surface area (Å²) >= 11 is 0. The second-order valence-corrected chi connectivity index (χ2v) is 7.35. The molecule has 0 atom stereocenters. The highest BCUT2D eigenvalue weighted by molar-refractivity contribution is 6.32. The summed E-state index contributed by atoms with van der Waals surface area (Å²) in [6, 6.07) is 23.0. The summed E-state index contributed by atoms with van der Waals surface area (Å²) in [6.45, 7) is 0. The molecule has 0 radical (unpaired) electrons. The van der Waals surface area contributed by atoms with Crippen molar-refractivity contribution in [1.82, 2.24) is 0 Å². The maximum Gasteiger partial charge on any atom is 0.167 e. The Kier molecular flexibility index (Phi) is 3.22. The molecule has 0 heterocycles. The minimum Gasteiger partial charge on any atom is -0.207 e. The lowest BCUT2D eigenvalue weighted by atomic mass is 9.90. The zero-order valence-corrected chi connectivity index (χ0v) is 15.1. The Balaban J connectivity index is 2.04. The molecule has 6 aromatic rings. The first-order valence-corrected chi connectivity index (χ1v) is 9.36. The first kappa shape index (κ1) is 16.4. The van der Waals surface area contributed by atoms with Gasteiger partial charge in [-0.15, -0.1) is 0 Å². The third kappa shape index (κ3) is 2.16. The van der Waals surface area contributed by atoms with Crippen molar-refractivity contribution in [2.45, 2.75) is 0 Å². The highest BCUT2D eigenvalue weighted by atomic mass is 19.2. The van der Waals surface area contributed by atoms with E-state index in [4.69, 9.17) is 0 Å². The Labute approximate surface area is 163 Å². The van der Waals surface area contributed by atoms with Crippen molar-refractivity contribution in [1.29, 1.82) is 0 Å². The van der Waals surface area contributed by atoms with Crippen LogP contribution in [0.1, 0.15) is 0 Å². The first-order valence-electron chi connectivity index (χ1n) is 9.36. The zero-order chi connectivity index (χ0) is 19.7. The van der Waals surface area contributed by atoms with Gasteiger partial charge in [-0.05, 0) is 44.5 Å². The Morgan fingerprint density at radius 3 is 1.83 bits per heavy atom. The molecule has 0 saturated heterocycles. The van der Waals surface area contributed by atoms with E-state index in [0.717, 1.165) is 21.5 Å². The first-order chi connectivity index (χ1) is 14.1. The fourth-order valence-electron chi connectivity index (χ4n) is 4.53. The largest absolute Gasteiger partial charge is 0.207 e. The SMILES string of the molecule is Fc1ccc2c(ccc3c(F)c(F)c4ccc5ccc6ccccc6c5c4c32)c1. The van der Waals surface area contributed by atoms with Crippen molar-refractivity contribution < 1.29 is 13.2 Å². The van der Waals surface area contributed by atoms with E-state index in [1.54, 1.807) is 24.3 Å². The van der Waals surface area contributed by atoms with Crippen molar-refractivity contribution in [3.63, 3.8) is 0 Å². The van der Waals surface area contributed by atoms with Crippen molar-refractivity contribution in [3.05, 3.63) is 96.3 Å². The van der Waals surface area contributed by atoms with Gasteiger partial charge in [0.15, 0.2) is 11.6 Å². The van der Waals surface area contributed by atoms with Crippen LogP contribution in [0, 0.1) is 17.5 Å². The van der Waals surface area contributed by atoms with E-state index in [-0.39, 0.29) is 16.6 Å². The van der Waals surface area contributed by atoms with Crippen LogP contribution in [0.25, 0.3) is 53.9 Å². The van der Waals surface area contributed by atoms with Gasteiger partial charge >= 0.3 is 0 Å². The third-order valence-electron chi connectivity index (χ3n) is 5.81. The van der Waals surface area contributed by atoms with Gasteiger partial charge in [0.05, 0.1) is 0 Å². The molecule has 0 fully saturated rings. The van der Waals surface area contributed by atoms with E-state index in [1.807, 2.05) is 42.5 Å². The van der Waals surface area contributed by atoms with Gasteiger partial charge in [-0.3, -0.25) is 0 Å². The van der Waals surface area contributed by atoms with Gasteiger partial charge in [0.2, 0.25) is 0 Å². The molecule has 6 aromatic carbocycles. The van der Waals surface area contributed by atoms with Gasteiger partial charge < -0.3 is 0 Å². The molecule has 0 bridgehead atoms. The summed E-state index contributed by atoms with van der Waals surface area (Å²) in [6.07, 6.45) is 0. The summed E-state index contributed by atoms with van der Waals surface area (Å²) in [5.41, 5.74) is 0. The average Bonchev–Trinajstić information content (AvgIpc) is 2.75. The molecule has 0 amide bonds. The van der Waals surface area contributed by atoms with E-state index >= 15 is 8.78 Å². The van der Waals surface area contributed by atoms with Crippen LogP contribution in [-0.4, -0.2) is 0 Å². The number of rotatable bonds is 0. The van der Waals surface area contributed by atoms with Crippen molar-refractivity contribution >= 4 is 53.9 Å². The number of halogens is 3. The van der Waals surface area contributed by atoms with Crippen molar-refractivity contribution in [3.8, 4) is 0 Å². The minimum atomic E-state index is -0.877. The minimum absolute atomic E-state index is 0.203. The van der Waals surface area contributed by atoms with Gasteiger partial charge in [0, 0.05) is 21.5 Å². The fourth-order valence-corrected chi connectivity index (χ4v) is 4.53. The van der Waals surface area contributed by atoms with Crippen LogP contribution >= 0.6 is 0 Å². The molecule has 0 aliphatic carbocycles. The standard InChI is InChI=1S/C26H13F3/c27-17-9-12-19-16(13-17)8-11-20-23(19)24-21(26(29)25(20)28)10-7-15-6-5-14-3-1-2-4-18(14)22(15)24/h1-13H. The third-order valence-corrected chi connectivity index (χ3v) is 5.81. The fraction of sp³-hybridized carbons (Fsp3) is 0. The molecular formula is C26H13F3. The molecular weight excluding hydrogens is 369 g/mol. The molecule has 0 aliphatic rings. The van der Waals surface area contributed by atoms with Crippen LogP contribution < -0.4 is 0 Å². The lowest BCUT2D eigenvalue weighted by molar-refractivity contribution is 0.525. The van der Waals surface area contributed by atoms with Crippen molar-refractivity contribution in [2.24, 2.45) is 0 Å². The molecule has 0 spiro atoms. The predicted molar refractivity (Wildman–Crippen MR) is 114 cm³/mol. The lowest BCUT2D eigenvalue weighted by Crippen LogP contribution is -1.93. The summed E-state index contributed by atoms with van der Waals surface area (Å²) in [4.78, 5) is 0. The van der Waals surface area contributed by atoms with Gasteiger partial charge in [-0.25, -0.2) is 13.2 Å². The Bertz CT molecular complexity index is 1630. The predicted octanol–water partition coefficient (Wildman–Crippen LogP) is 7.87. The van der Waals surface area contributed by atoms with Gasteiger partial charge in [-0.2, -0.15) is 0 Å². The van der Waals surface area contributed by atoms with Crippen LogP contribution in [-0.2, 0) is 0 Å². The monoisotopic (exact) mass is 382 g/mol. The summed E-state index contributed by atoms with van der Waals surface area (Å²) in [5.74, 6) is -2.10. The second kappa shape index (κ2) is 5.71. The quantitative estimate of drug-likeness (QED) is 0.235.